The molecule has 0 spiro atoms. The van der Waals surface area contributed by atoms with Crippen molar-refractivity contribution in [3.05, 3.63) is 29.8 Å². The van der Waals surface area contributed by atoms with Crippen LogP contribution < -0.4 is 5.73 Å². The maximum atomic E-state index is 12.2. The Morgan fingerprint density at radius 2 is 1.68 bits per heavy atom. The molecule has 0 saturated carbocycles. The minimum Gasteiger partial charge on any atom is -0.399 e. The first-order valence-electron chi connectivity index (χ1n) is 5.98. The second kappa shape index (κ2) is 6.43. The summed E-state index contributed by atoms with van der Waals surface area (Å²) in [5, 5.41) is 0. The molecule has 0 bridgehead atoms. The fraction of sp³-hybridized carbons (Fsp3) is 0.385. The molecule has 1 fully saturated rings. The highest BCUT2D eigenvalue weighted by Gasteiger charge is 2.23. The second-order valence-corrected chi connectivity index (χ2v) is 4.42. The van der Waals surface area contributed by atoms with Crippen molar-refractivity contribution in [1.29, 1.82) is 0 Å². The van der Waals surface area contributed by atoms with Crippen LogP contribution >= 0.6 is 12.4 Å². The van der Waals surface area contributed by atoms with Crippen molar-refractivity contribution in [3.63, 3.8) is 0 Å². The summed E-state index contributed by atoms with van der Waals surface area (Å²) in [6, 6.07) is 6.97. The van der Waals surface area contributed by atoms with Crippen molar-refractivity contribution >= 4 is 29.9 Å². The third kappa shape index (κ3) is 3.61. The number of carbonyl (C=O) groups is 2. The summed E-state index contributed by atoms with van der Waals surface area (Å²) in [4.78, 5) is 26.9. The lowest BCUT2D eigenvalue weighted by molar-refractivity contribution is -0.130. The molecule has 2 rings (SSSR count). The van der Waals surface area contributed by atoms with Gasteiger partial charge in [-0.25, -0.2) is 0 Å². The van der Waals surface area contributed by atoms with E-state index < -0.39 is 0 Å². The molecule has 104 valence electrons. The van der Waals surface area contributed by atoms with E-state index >= 15 is 0 Å². The number of nitrogens with two attached hydrogens (primary N) is 1. The zero-order chi connectivity index (χ0) is 13.1. The number of halogens is 1. The number of amides is 2. The summed E-state index contributed by atoms with van der Waals surface area (Å²) in [5.41, 5.74) is 6.85. The molecule has 1 heterocycles. The lowest BCUT2D eigenvalue weighted by Gasteiger charge is -2.34. The van der Waals surface area contributed by atoms with Crippen LogP contribution in [0.3, 0.4) is 0 Å². The van der Waals surface area contributed by atoms with Gasteiger partial charge in [-0.1, -0.05) is 6.07 Å². The lowest BCUT2D eigenvalue weighted by atomic mass is 10.1. The van der Waals surface area contributed by atoms with Gasteiger partial charge in [-0.2, -0.15) is 0 Å². The molecule has 2 N–H and O–H groups in total. The van der Waals surface area contributed by atoms with Gasteiger partial charge in [0.15, 0.2) is 0 Å². The topological polar surface area (TPSA) is 66.6 Å². The molecule has 5 nitrogen and oxygen atoms in total. The third-order valence-corrected chi connectivity index (χ3v) is 3.15. The Kier molecular flexibility index (Phi) is 5.18. The molecule has 0 aliphatic carbocycles. The number of benzene rings is 1. The molecule has 1 aliphatic heterocycles. The zero-order valence-corrected chi connectivity index (χ0v) is 11.7. The van der Waals surface area contributed by atoms with E-state index in [-0.39, 0.29) is 24.2 Å². The molecular weight excluding hydrogens is 266 g/mol. The second-order valence-electron chi connectivity index (χ2n) is 4.42. The van der Waals surface area contributed by atoms with Gasteiger partial charge >= 0.3 is 0 Å². The summed E-state index contributed by atoms with van der Waals surface area (Å²) in [7, 11) is 0. The van der Waals surface area contributed by atoms with E-state index in [1.165, 1.54) is 0 Å². The first-order valence-corrected chi connectivity index (χ1v) is 5.98. The highest BCUT2D eigenvalue weighted by molar-refractivity contribution is 5.95. The van der Waals surface area contributed by atoms with E-state index in [0.717, 1.165) is 0 Å². The van der Waals surface area contributed by atoms with Gasteiger partial charge in [-0.05, 0) is 18.2 Å². The number of nitrogens with zero attached hydrogens (tertiary/aromatic N) is 2. The Bertz CT molecular complexity index is 471. The van der Waals surface area contributed by atoms with Gasteiger partial charge in [-0.15, -0.1) is 12.4 Å². The zero-order valence-electron chi connectivity index (χ0n) is 10.8. The van der Waals surface area contributed by atoms with E-state index in [0.29, 0.717) is 37.4 Å². The first-order chi connectivity index (χ1) is 8.58. The van der Waals surface area contributed by atoms with Crippen molar-refractivity contribution in [1.82, 2.24) is 9.80 Å². The summed E-state index contributed by atoms with van der Waals surface area (Å²) < 4.78 is 0. The Morgan fingerprint density at radius 3 is 2.21 bits per heavy atom. The molecule has 0 unspecified atom stereocenters. The summed E-state index contributed by atoms with van der Waals surface area (Å²) >= 11 is 0. The van der Waals surface area contributed by atoms with Crippen molar-refractivity contribution in [2.24, 2.45) is 0 Å². The van der Waals surface area contributed by atoms with Gasteiger partial charge in [0.1, 0.15) is 0 Å². The Balaban J connectivity index is 0.00000180. The Hall–Kier alpha value is -1.75. The summed E-state index contributed by atoms with van der Waals surface area (Å²) in [6.45, 7) is 3.91. The predicted octanol–water partition coefficient (Wildman–Crippen LogP) is 0.995. The predicted molar refractivity (Wildman–Crippen MR) is 76.3 cm³/mol. The van der Waals surface area contributed by atoms with Gasteiger partial charge in [0.05, 0.1) is 0 Å². The van der Waals surface area contributed by atoms with E-state index in [9.17, 15) is 9.59 Å². The van der Waals surface area contributed by atoms with E-state index in [1.807, 2.05) is 0 Å². The van der Waals surface area contributed by atoms with E-state index in [2.05, 4.69) is 0 Å². The number of carbonyl (C=O) groups excluding carboxylic acids is 2. The summed E-state index contributed by atoms with van der Waals surface area (Å²) in [6.07, 6.45) is 0. The molecule has 19 heavy (non-hydrogen) atoms. The quantitative estimate of drug-likeness (QED) is 0.782. The highest BCUT2D eigenvalue weighted by atomic mass is 35.5. The van der Waals surface area contributed by atoms with Crippen molar-refractivity contribution in [3.8, 4) is 0 Å². The molecule has 2 amide bonds. The molecule has 0 atom stereocenters. The van der Waals surface area contributed by atoms with Crippen LogP contribution in [0.5, 0.6) is 0 Å². The normalized spacial score (nSPS) is 14.8. The smallest absolute Gasteiger partial charge is 0.254 e. The first kappa shape index (κ1) is 15.3. The van der Waals surface area contributed by atoms with Gasteiger partial charge < -0.3 is 15.5 Å². The SMILES string of the molecule is CC(=O)N1CCN(C(=O)c2cccc(N)c2)CC1.Cl. The average Bonchev–Trinajstić information content (AvgIpc) is 2.38. The van der Waals surface area contributed by atoms with Gasteiger partial charge in [0.25, 0.3) is 5.91 Å². The monoisotopic (exact) mass is 283 g/mol. The molecule has 0 aromatic heterocycles. The van der Waals surface area contributed by atoms with Crippen LogP contribution in [-0.2, 0) is 4.79 Å². The van der Waals surface area contributed by atoms with Gasteiger partial charge in [0, 0.05) is 44.4 Å². The standard InChI is InChI=1S/C13H17N3O2.ClH/c1-10(17)15-5-7-16(8-6-15)13(18)11-3-2-4-12(14)9-11;/h2-4,9H,5-8,14H2,1H3;1H. The Labute approximate surface area is 118 Å². The number of nitrogen functional groups attached to an aromatic ring is 1. The molecule has 1 aromatic carbocycles. The fourth-order valence-electron chi connectivity index (χ4n) is 2.08. The minimum atomic E-state index is -0.0227. The highest BCUT2D eigenvalue weighted by Crippen LogP contribution is 2.11. The van der Waals surface area contributed by atoms with Crippen LogP contribution in [0.25, 0.3) is 0 Å². The van der Waals surface area contributed by atoms with Crippen LogP contribution in [-0.4, -0.2) is 47.8 Å². The summed E-state index contributed by atoms with van der Waals surface area (Å²) in [5.74, 6) is 0.0385. The molecule has 1 aliphatic rings. The number of rotatable bonds is 1. The molecule has 1 aromatic rings. The van der Waals surface area contributed by atoms with Gasteiger partial charge in [-0.3, -0.25) is 9.59 Å². The fourth-order valence-corrected chi connectivity index (χ4v) is 2.08. The number of anilines is 1. The number of hydrogen-bond acceptors (Lipinski definition) is 3. The van der Waals surface area contributed by atoms with Crippen LogP contribution in [0.1, 0.15) is 17.3 Å². The van der Waals surface area contributed by atoms with E-state index in [4.69, 9.17) is 5.73 Å². The van der Waals surface area contributed by atoms with Crippen molar-refractivity contribution in [2.45, 2.75) is 6.92 Å². The number of hydrogen-bond donors (Lipinski definition) is 1. The maximum absolute atomic E-state index is 12.2. The van der Waals surface area contributed by atoms with Crippen LogP contribution in [0.2, 0.25) is 0 Å². The minimum absolute atomic E-state index is 0. The maximum Gasteiger partial charge on any atom is 0.254 e. The number of piperazine rings is 1. The van der Waals surface area contributed by atoms with Gasteiger partial charge in [0.2, 0.25) is 5.91 Å². The average molecular weight is 284 g/mol. The Morgan fingerprint density at radius 1 is 1.11 bits per heavy atom. The molecule has 0 radical (unpaired) electrons. The van der Waals surface area contributed by atoms with Crippen LogP contribution in [0.15, 0.2) is 24.3 Å². The molecule has 6 heteroatoms. The lowest BCUT2D eigenvalue weighted by Crippen LogP contribution is -2.50. The van der Waals surface area contributed by atoms with Crippen molar-refractivity contribution in [2.75, 3.05) is 31.9 Å². The van der Waals surface area contributed by atoms with E-state index in [1.54, 1.807) is 41.0 Å². The van der Waals surface area contributed by atoms with Crippen LogP contribution in [0, 0.1) is 0 Å². The molecule has 1 saturated heterocycles. The molecular formula is C13H18ClN3O2. The van der Waals surface area contributed by atoms with Crippen LogP contribution in [0.4, 0.5) is 5.69 Å². The third-order valence-electron chi connectivity index (χ3n) is 3.15. The largest absolute Gasteiger partial charge is 0.399 e. The van der Waals surface area contributed by atoms with Crippen molar-refractivity contribution < 1.29 is 9.59 Å².